The molecule has 2 heteroatoms. The van der Waals surface area contributed by atoms with Crippen LogP contribution in [0.4, 0.5) is 0 Å². The maximum absolute atomic E-state index is 9.77. The summed E-state index contributed by atoms with van der Waals surface area (Å²) < 4.78 is 0. The first kappa shape index (κ1) is 9.75. The third kappa shape index (κ3) is 2.61. The van der Waals surface area contributed by atoms with Crippen LogP contribution in [0.15, 0.2) is 12.2 Å². The summed E-state index contributed by atoms with van der Waals surface area (Å²) in [6, 6.07) is 0.343. The summed E-state index contributed by atoms with van der Waals surface area (Å²) in [6.07, 6.45) is 8.34. The molecule has 0 aromatic heterocycles. The fourth-order valence-electron chi connectivity index (χ4n) is 1.76. The standard InChI is InChI=1S/C10H19NO/c1-11(2)9-7-5-3-4-6-8-10(9)12/h3-4,9-10,12H,5-8H2,1-2H3/t9-,10-/m1/s1. The van der Waals surface area contributed by atoms with Gasteiger partial charge < -0.3 is 10.0 Å². The Morgan fingerprint density at radius 3 is 2.33 bits per heavy atom. The summed E-state index contributed by atoms with van der Waals surface area (Å²) in [6.45, 7) is 0. The van der Waals surface area contributed by atoms with E-state index >= 15 is 0 Å². The molecule has 0 aromatic carbocycles. The van der Waals surface area contributed by atoms with Gasteiger partial charge in [0.2, 0.25) is 0 Å². The van der Waals surface area contributed by atoms with Crippen LogP contribution < -0.4 is 0 Å². The molecule has 2 nitrogen and oxygen atoms in total. The first-order valence-corrected chi connectivity index (χ1v) is 4.71. The van der Waals surface area contributed by atoms with E-state index in [-0.39, 0.29) is 6.10 Å². The quantitative estimate of drug-likeness (QED) is 0.600. The monoisotopic (exact) mass is 169 g/mol. The second-order valence-corrected chi connectivity index (χ2v) is 3.72. The molecule has 0 radical (unpaired) electrons. The summed E-state index contributed by atoms with van der Waals surface area (Å²) in [5.74, 6) is 0. The summed E-state index contributed by atoms with van der Waals surface area (Å²) in [5, 5.41) is 9.77. The lowest BCUT2D eigenvalue weighted by atomic mass is 9.97. The number of allylic oxidation sites excluding steroid dienone is 2. The number of hydrogen-bond donors (Lipinski definition) is 1. The molecule has 1 aliphatic rings. The largest absolute Gasteiger partial charge is 0.391 e. The van der Waals surface area contributed by atoms with Crippen LogP contribution in [0.3, 0.4) is 0 Å². The Balaban J connectivity index is 2.52. The van der Waals surface area contributed by atoms with Gasteiger partial charge in [-0.3, -0.25) is 0 Å². The third-order valence-electron chi connectivity index (χ3n) is 2.53. The lowest BCUT2D eigenvalue weighted by Gasteiger charge is -2.29. The molecular weight excluding hydrogens is 150 g/mol. The minimum atomic E-state index is -0.148. The van der Waals surface area contributed by atoms with Gasteiger partial charge in [0.15, 0.2) is 0 Å². The minimum Gasteiger partial charge on any atom is -0.391 e. The van der Waals surface area contributed by atoms with Crippen LogP contribution >= 0.6 is 0 Å². The molecule has 0 saturated carbocycles. The molecule has 0 aromatic rings. The van der Waals surface area contributed by atoms with Crippen LogP contribution in [0.2, 0.25) is 0 Å². The van der Waals surface area contributed by atoms with Crippen molar-refractivity contribution in [3.8, 4) is 0 Å². The molecule has 1 N–H and O–H groups in total. The predicted octanol–water partition coefficient (Wildman–Crippen LogP) is 1.41. The lowest BCUT2D eigenvalue weighted by Crippen LogP contribution is -2.39. The van der Waals surface area contributed by atoms with Gasteiger partial charge in [-0.2, -0.15) is 0 Å². The van der Waals surface area contributed by atoms with E-state index in [1.807, 2.05) is 14.1 Å². The molecule has 1 aliphatic carbocycles. The maximum atomic E-state index is 9.77. The van der Waals surface area contributed by atoms with E-state index in [9.17, 15) is 5.11 Å². The van der Waals surface area contributed by atoms with Gasteiger partial charge >= 0.3 is 0 Å². The number of likely N-dealkylation sites (N-methyl/N-ethyl adjacent to an activating group) is 1. The fraction of sp³-hybridized carbons (Fsp3) is 0.800. The van der Waals surface area contributed by atoms with Crippen LogP contribution in [-0.2, 0) is 0 Å². The SMILES string of the molecule is CN(C)[C@@H]1CCC=CCC[C@H]1O. The van der Waals surface area contributed by atoms with Crippen LogP contribution in [0, 0.1) is 0 Å². The predicted molar refractivity (Wildman–Crippen MR) is 51.1 cm³/mol. The number of aliphatic hydroxyl groups excluding tert-OH is 1. The van der Waals surface area contributed by atoms with Crippen molar-refractivity contribution in [2.75, 3.05) is 14.1 Å². The summed E-state index contributed by atoms with van der Waals surface area (Å²) >= 11 is 0. The van der Waals surface area contributed by atoms with E-state index in [4.69, 9.17) is 0 Å². The Kier molecular flexibility index (Phi) is 3.76. The first-order valence-electron chi connectivity index (χ1n) is 4.71. The van der Waals surface area contributed by atoms with E-state index in [0.717, 1.165) is 25.7 Å². The van der Waals surface area contributed by atoms with Gasteiger partial charge in [-0.25, -0.2) is 0 Å². The van der Waals surface area contributed by atoms with Crippen LogP contribution in [0.5, 0.6) is 0 Å². The Bertz CT molecular complexity index is 154. The molecule has 0 unspecified atom stereocenters. The zero-order valence-electron chi connectivity index (χ0n) is 8.03. The summed E-state index contributed by atoms with van der Waals surface area (Å²) in [5.41, 5.74) is 0. The molecule has 12 heavy (non-hydrogen) atoms. The molecule has 0 saturated heterocycles. The third-order valence-corrected chi connectivity index (χ3v) is 2.53. The summed E-state index contributed by atoms with van der Waals surface area (Å²) in [4.78, 5) is 2.13. The van der Waals surface area contributed by atoms with E-state index < -0.39 is 0 Å². The molecule has 70 valence electrons. The van der Waals surface area contributed by atoms with E-state index in [0.29, 0.717) is 6.04 Å². The van der Waals surface area contributed by atoms with Crippen molar-refractivity contribution in [3.05, 3.63) is 12.2 Å². The maximum Gasteiger partial charge on any atom is 0.0698 e. The number of nitrogens with zero attached hydrogens (tertiary/aromatic N) is 1. The average Bonchev–Trinajstić information content (AvgIpc) is 1.96. The summed E-state index contributed by atoms with van der Waals surface area (Å²) in [7, 11) is 4.08. The first-order chi connectivity index (χ1) is 5.72. The molecule has 2 atom stereocenters. The van der Waals surface area contributed by atoms with Crippen molar-refractivity contribution in [1.82, 2.24) is 4.90 Å². The number of aliphatic hydroxyl groups is 1. The van der Waals surface area contributed by atoms with Crippen molar-refractivity contribution in [2.24, 2.45) is 0 Å². The molecule has 0 spiro atoms. The highest BCUT2D eigenvalue weighted by Crippen LogP contribution is 2.16. The Hall–Kier alpha value is -0.340. The highest BCUT2D eigenvalue weighted by Gasteiger charge is 2.20. The molecule has 0 fully saturated rings. The van der Waals surface area contributed by atoms with E-state index in [1.165, 1.54) is 0 Å². The molecule has 1 rings (SSSR count). The molecule has 0 bridgehead atoms. The highest BCUT2D eigenvalue weighted by atomic mass is 16.3. The molecular formula is C10H19NO. The Labute approximate surface area is 74.9 Å². The van der Waals surface area contributed by atoms with Gasteiger partial charge in [0.1, 0.15) is 0 Å². The van der Waals surface area contributed by atoms with Gasteiger partial charge in [-0.05, 0) is 39.8 Å². The van der Waals surface area contributed by atoms with Crippen molar-refractivity contribution in [2.45, 2.75) is 37.8 Å². The van der Waals surface area contributed by atoms with Gasteiger partial charge in [0, 0.05) is 6.04 Å². The lowest BCUT2D eigenvalue weighted by molar-refractivity contribution is 0.0644. The molecule has 0 aliphatic heterocycles. The van der Waals surface area contributed by atoms with Crippen LogP contribution in [0.1, 0.15) is 25.7 Å². The van der Waals surface area contributed by atoms with Crippen molar-refractivity contribution < 1.29 is 5.11 Å². The molecule has 0 amide bonds. The van der Waals surface area contributed by atoms with Crippen molar-refractivity contribution in [3.63, 3.8) is 0 Å². The van der Waals surface area contributed by atoms with Gasteiger partial charge in [-0.15, -0.1) is 0 Å². The number of rotatable bonds is 1. The topological polar surface area (TPSA) is 23.5 Å². The number of hydrogen-bond acceptors (Lipinski definition) is 2. The van der Waals surface area contributed by atoms with Gasteiger partial charge in [0.05, 0.1) is 6.10 Å². The van der Waals surface area contributed by atoms with Gasteiger partial charge in [0.25, 0.3) is 0 Å². The highest BCUT2D eigenvalue weighted by molar-refractivity contribution is 4.90. The average molecular weight is 169 g/mol. The van der Waals surface area contributed by atoms with Crippen LogP contribution in [0.25, 0.3) is 0 Å². The smallest absolute Gasteiger partial charge is 0.0698 e. The Morgan fingerprint density at radius 1 is 1.17 bits per heavy atom. The zero-order valence-corrected chi connectivity index (χ0v) is 8.03. The van der Waals surface area contributed by atoms with Crippen LogP contribution in [-0.4, -0.2) is 36.2 Å². The second kappa shape index (κ2) is 4.63. The fourth-order valence-corrected chi connectivity index (χ4v) is 1.76. The Morgan fingerprint density at radius 2 is 1.75 bits per heavy atom. The van der Waals surface area contributed by atoms with E-state index in [2.05, 4.69) is 17.1 Å². The zero-order chi connectivity index (χ0) is 8.97. The van der Waals surface area contributed by atoms with Gasteiger partial charge in [-0.1, -0.05) is 12.2 Å². The van der Waals surface area contributed by atoms with Crippen molar-refractivity contribution >= 4 is 0 Å². The normalized spacial score (nSPS) is 31.7. The van der Waals surface area contributed by atoms with E-state index in [1.54, 1.807) is 0 Å². The van der Waals surface area contributed by atoms with Crippen molar-refractivity contribution in [1.29, 1.82) is 0 Å². The minimum absolute atomic E-state index is 0.148. The second-order valence-electron chi connectivity index (χ2n) is 3.72. The molecule has 0 heterocycles.